The van der Waals surface area contributed by atoms with Gasteiger partial charge >= 0.3 is 6.36 Å². The first-order valence-corrected chi connectivity index (χ1v) is 10.4. The lowest BCUT2D eigenvalue weighted by Gasteiger charge is -2.39. The number of aliphatic hydroxyl groups is 1. The van der Waals surface area contributed by atoms with Crippen molar-refractivity contribution in [3.8, 4) is 28.7 Å². The van der Waals surface area contributed by atoms with Gasteiger partial charge in [-0.3, -0.25) is 4.79 Å². The third kappa shape index (κ3) is 4.91. The van der Waals surface area contributed by atoms with E-state index in [1.165, 1.54) is 12.1 Å². The average molecular weight is 445 g/mol. The lowest BCUT2D eigenvalue weighted by Crippen LogP contribution is -2.41. The number of aliphatic hydroxyl groups excluding tert-OH is 1. The van der Waals surface area contributed by atoms with Crippen molar-refractivity contribution in [3.63, 3.8) is 0 Å². The van der Waals surface area contributed by atoms with Gasteiger partial charge in [-0.05, 0) is 54.8 Å². The number of hydrogen-bond donors (Lipinski definition) is 1. The minimum atomic E-state index is -4.85. The number of hydrogen-bond acceptors (Lipinski definition) is 3. The highest BCUT2D eigenvalue weighted by Gasteiger charge is 2.37. The second-order valence-electron chi connectivity index (χ2n) is 8.42. The van der Waals surface area contributed by atoms with Gasteiger partial charge in [0.15, 0.2) is 0 Å². The maximum atomic E-state index is 13.1. The molecule has 2 aromatic carbocycles. The van der Waals surface area contributed by atoms with Crippen LogP contribution in [0.1, 0.15) is 50.3 Å². The first kappa shape index (κ1) is 23.7. The topological polar surface area (TPSA) is 49.8 Å². The molecule has 7 heteroatoms. The summed E-state index contributed by atoms with van der Waals surface area (Å²) in [5.41, 5.74) is 3.35. The van der Waals surface area contributed by atoms with Crippen molar-refractivity contribution in [2.75, 3.05) is 18.1 Å². The maximum absolute atomic E-state index is 13.1. The molecule has 0 unspecified atom stereocenters. The van der Waals surface area contributed by atoms with Gasteiger partial charge in [-0.2, -0.15) is 0 Å². The molecule has 0 atom stereocenters. The van der Waals surface area contributed by atoms with Crippen molar-refractivity contribution in [1.29, 1.82) is 0 Å². The highest BCUT2D eigenvalue weighted by atomic mass is 19.4. The number of alkyl halides is 3. The molecule has 0 saturated heterocycles. The maximum Gasteiger partial charge on any atom is 0.573 e. The van der Waals surface area contributed by atoms with E-state index in [1.54, 1.807) is 17.0 Å². The van der Waals surface area contributed by atoms with E-state index < -0.39 is 6.36 Å². The molecule has 0 fully saturated rings. The number of ether oxygens (including phenoxy) is 1. The predicted octanol–water partition coefficient (Wildman–Crippen LogP) is 5.33. The van der Waals surface area contributed by atoms with Crippen molar-refractivity contribution >= 4 is 11.6 Å². The molecule has 0 bridgehead atoms. The molecule has 0 aromatic heterocycles. The molecule has 0 radical (unpaired) electrons. The minimum absolute atomic E-state index is 0.0183. The number of benzene rings is 2. The molecule has 2 aromatic rings. The summed E-state index contributed by atoms with van der Waals surface area (Å²) >= 11 is 0. The number of aryl methyl sites for hydroxylation is 1. The number of halogens is 3. The van der Waals surface area contributed by atoms with Crippen molar-refractivity contribution in [1.82, 2.24) is 0 Å². The zero-order chi connectivity index (χ0) is 23.7. The fourth-order valence-electron chi connectivity index (χ4n) is 4.05. The van der Waals surface area contributed by atoms with Crippen molar-refractivity contribution in [2.24, 2.45) is 0 Å². The molecule has 0 aliphatic carbocycles. The van der Waals surface area contributed by atoms with Crippen LogP contribution in [0.5, 0.6) is 5.75 Å². The summed E-state index contributed by atoms with van der Waals surface area (Å²) in [7, 11) is 0. The summed E-state index contributed by atoms with van der Waals surface area (Å²) in [6, 6.07) is 7.97. The van der Waals surface area contributed by atoms with Crippen LogP contribution in [0.25, 0.3) is 11.1 Å². The number of anilines is 1. The fraction of sp³-hybridized carbons (Fsp3) is 0.400. The van der Waals surface area contributed by atoms with E-state index in [2.05, 4.69) is 16.6 Å². The van der Waals surface area contributed by atoms with Gasteiger partial charge in [-0.25, -0.2) is 0 Å². The molecule has 1 aliphatic heterocycles. The molecular weight excluding hydrogens is 419 g/mol. The highest BCUT2D eigenvalue weighted by molar-refractivity contribution is 5.99. The Labute approximate surface area is 186 Å². The van der Waals surface area contributed by atoms with Gasteiger partial charge in [0.25, 0.3) is 0 Å². The Morgan fingerprint density at radius 1 is 1.19 bits per heavy atom. The van der Waals surface area contributed by atoms with Crippen LogP contribution >= 0.6 is 0 Å². The van der Waals surface area contributed by atoms with Gasteiger partial charge in [-0.1, -0.05) is 31.8 Å². The summed E-state index contributed by atoms with van der Waals surface area (Å²) in [4.78, 5) is 14.4. The van der Waals surface area contributed by atoms with Crippen LogP contribution in [0.2, 0.25) is 0 Å². The van der Waals surface area contributed by atoms with Crippen molar-refractivity contribution in [2.45, 2.75) is 52.3 Å². The Morgan fingerprint density at radius 3 is 2.53 bits per heavy atom. The van der Waals surface area contributed by atoms with Crippen LogP contribution in [-0.2, 0) is 10.2 Å². The zero-order valence-electron chi connectivity index (χ0n) is 18.6. The number of carbonyl (C=O) groups is 1. The number of fused-ring (bicyclic) bond motifs is 1. The SMILES string of the molecule is CCN1C(=O)CC(C)(C)c2cc(C)c(-c3cc(C#CCCO)ccc3OC(F)(F)F)cc21. The smallest absolute Gasteiger partial charge is 0.405 e. The van der Waals surface area contributed by atoms with E-state index in [1.807, 2.05) is 33.8 Å². The fourth-order valence-corrected chi connectivity index (χ4v) is 4.05. The Balaban J connectivity index is 2.24. The quantitative estimate of drug-likeness (QED) is 0.648. The van der Waals surface area contributed by atoms with Crippen LogP contribution in [-0.4, -0.2) is 30.5 Å². The van der Waals surface area contributed by atoms with Gasteiger partial charge in [-0.15, -0.1) is 13.2 Å². The van der Waals surface area contributed by atoms with Gasteiger partial charge in [0.2, 0.25) is 5.91 Å². The van der Waals surface area contributed by atoms with Crippen LogP contribution in [0, 0.1) is 18.8 Å². The molecule has 0 saturated carbocycles. The van der Waals surface area contributed by atoms with Crippen LogP contribution in [0.4, 0.5) is 18.9 Å². The molecule has 3 rings (SSSR count). The van der Waals surface area contributed by atoms with Crippen molar-refractivity contribution < 1.29 is 27.8 Å². The van der Waals surface area contributed by atoms with E-state index in [-0.39, 0.29) is 35.7 Å². The summed E-state index contributed by atoms with van der Waals surface area (Å²) in [6.07, 6.45) is -4.23. The second kappa shape index (κ2) is 8.87. The minimum Gasteiger partial charge on any atom is -0.405 e. The monoisotopic (exact) mass is 445 g/mol. The molecule has 1 aliphatic rings. The first-order chi connectivity index (χ1) is 15.0. The zero-order valence-corrected chi connectivity index (χ0v) is 18.6. The Kier molecular flexibility index (Phi) is 6.56. The second-order valence-corrected chi connectivity index (χ2v) is 8.42. The lowest BCUT2D eigenvalue weighted by molar-refractivity contribution is -0.274. The van der Waals surface area contributed by atoms with Crippen LogP contribution in [0.15, 0.2) is 30.3 Å². The molecule has 1 N–H and O–H groups in total. The summed E-state index contributed by atoms with van der Waals surface area (Å²) in [5.74, 6) is 5.28. The lowest BCUT2D eigenvalue weighted by atomic mass is 9.75. The van der Waals surface area contributed by atoms with E-state index in [9.17, 15) is 18.0 Å². The molecule has 1 amide bonds. The Bertz CT molecular complexity index is 1090. The summed E-state index contributed by atoms with van der Waals surface area (Å²) in [6.45, 7) is 8.05. The van der Waals surface area contributed by atoms with Crippen LogP contribution < -0.4 is 9.64 Å². The van der Waals surface area contributed by atoms with Gasteiger partial charge in [0.05, 0.1) is 6.61 Å². The highest BCUT2D eigenvalue weighted by Crippen LogP contribution is 2.45. The molecule has 32 heavy (non-hydrogen) atoms. The largest absolute Gasteiger partial charge is 0.573 e. The van der Waals surface area contributed by atoms with E-state index in [4.69, 9.17) is 5.11 Å². The summed E-state index contributed by atoms with van der Waals surface area (Å²) in [5, 5.41) is 8.93. The number of amides is 1. The summed E-state index contributed by atoms with van der Waals surface area (Å²) < 4.78 is 43.6. The standard InChI is InChI=1S/C25H26F3NO3/c1-5-29-21-14-18(16(2)12-20(21)24(3,4)15-23(29)31)19-13-17(8-6-7-11-30)9-10-22(19)32-25(26,27)28/h9-10,12-14,30H,5,7,11,15H2,1-4H3. The predicted molar refractivity (Wildman–Crippen MR) is 118 cm³/mol. The Hall–Kier alpha value is -2.98. The van der Waals surface area contributed by atoms with Gasteiger partial charge < -0.3 is 14.7 Å². The Morgan fingerprint density at radius 2 is 1.91 bits per heavy atom. The molecule has 0 spiro atoms. The molecule has 4 nitrogen and oxygen atoms in total. The molecule has 1 heterocycles. The van der Waals surface area contributed by atoms with Gasteiger partial charge in [0.1, 0.15) is 5.75 Å². The van der Waals surface area contributed by atoms with Crippen LogP contribution in [0.3, 0.4) is 0 Å². The van der Waals surface area contributed by atoms with E-state index >= 15 is 0 Å². The number of rotatable bonds is 4. The molecule has 170 valence electrons. The number of nitrogens with zero attached hydrogens (tertiary/aromatic N) is 1. The first-order valence-electron chi connectivity index (χ1n) is 10.4. The third-order valence-electron chi connectivity index (χ3n) is 5.54. The van der Waals surface area contributed by atoms with E-state index in [0.29, 0.717) is 29.8 Å². The van der Waals surface area contributed by atoms with E-state index in [0.717, 1.165) is 11.1 Å². The number of carbonyl (C=O) groups excluding carboxylic acids is 1. The van der Waals surface area contributed by atoms with Gasteiger partial charge in [0, 0.05) is 41.6 Å². The third-order valence-corrected chi connectivity index (χ3v) is 5.54. The molecular formula is C25H26F3NO3. The average Bonchev–Trinajstić information content (AvgIpc) is 2.68. The van der Waals surface area contributed by atoms with Crippen molar-refractivity contribution in [3.05, 3.63) is 47.0 Å². The normalized spacial score (nSPS) is 15.1.